The maximum absolute atomic E-state index is 14.3. The van der Waals surface area contributed by atoms with Crippen molar-refractivity contribution in [3.63, 3.8) is 0 Å². The molecule has 1 atom stereocenters. The van der Waals surface area contributed by atoms with Gasteiger partial charge in [0.15, 0.2) is 11.6 Å². The number of hydrogen-bond donors (Lipinski definition) is 1. The van der Waals surface area contributed by atoms with Gasteiger partial charge in [0.1, 0.15) is 0 Å². The Balaban J connectivity index is 1.81. The Morgan fingerprint density at radius 3 is 2.17 bits per heavy atom. The third-order valence-electron chi connectivity index (χ3n) is 5.90. The van der Waals surface area contributed by atoms with Gasteiger partial charge in [0.25, 0.3) is 0 Å². The van der Waals surface area contributed by atoms with Crippen LogP contribution in [-0.4, -0.2) is 18.2 Å². The zero-order chi connectivity index (χ0) is 26.6. The second-order valence-corrected chi connectivity index (χ2v) is 12.3. The van der Waals surface area contributed by atoms with Gasteiger partial charge in [-0.05, 0) is 91.9 Å². The van der Waals surface area contributed by atoms with Gasteiger partial charge in [0.2, 0.25) is 10.0 Å². The standard InChI is InChI=1S/C24H23BrF5N3O2S/c1-23(2,3)33-22(16-10-19(26)20(27)11-18(16)25)17(12-31-33)21(13-4-5-13)32-36(34,35)15-8-6-14(7-9-15)24(28,29)30/h6-13,21,32H,4-5H2,1-3H3/t21-/m1/s1. The first kappa shape index (κ1) is 26.7. The minimum absolute atomic E-state index is 0.102. The molecule has 1 N–H and O–H groups in total. The van der Waals surface area contributed by atoms with E-state index < -0.39 is 45.0 Å². The molecule has 0 radical (unpaired) electrons. The van der Waals surface area contributed by atoms with Gasteiger partial charge in [-0.15, -0.1) is 0 Å². The van der Waals surface area contributed by atoms with Crippen molar-refractivity contribution in [2.45, 2.75) is 56.3 Å². The third kappa shape index (κ3) is 5.35. The highest BCUT2D eigenvalue weighted by Gasteiger charge is 2.39. The first-order chi connectivity index (χ1) is 16.6. The van der Waals surface area contributed by atoms with E-state index in [-0.39, 0.29) is 20.8 Å². The number of aromatic nitrogens is 2. The van der Waals surface area contributed by atoms with Crippen LogP contribution in [0.1, 0.15) is 50.8 Å². The first-order valence-electron chi connectivity index (χ1n) is 11.0. The highest BCUT2D eigenvalue weighted by atomic mass is 79.9. The lowest BCUT2D eigenvalue weighted by Gasteiger charge is -2.26. The van der Waals surface area contributed by atoms with Gasteiger partial charge in [-0.3, -0.25) is 4.68 Å². The Morgan fingerprint density at radius 2 is 1.64 bits per heavy atom. The monoisotopic (exact) mass is 591 g/mol. The summed E-state index contributed by atoms with van der Waals surface area (Å²) in [6, 6.07) is 4.46. The molecule has 1 heterocycles. The van der Waals surface area contributed by atoms with Gasteiger partial charge in [-0.2, -0.15) is 18.3 Å². The molecule has 3 aromatic rings. The zero-order valence-electron chi connectivity index (χ0n) is 19.5. The van der Waals surface area contributed by atoms with E-state index in [9.17, 15) is 30.4 Å². The van der Waals surface area contributed by atoms with Gasteiger partial charge in [-0.25, -0.2) is 21.9 Å². The molecule has 12 heteroatoms. The van der Waals surface area contributed by atoms with Crippen molar-refractivity contribution < 1.29 is 30.4 Å². The third-order valence-corrected chi connectivity index (χ3v) is 8.01. The molecule has 0 spiro atoms. The van der Waals surface area contributed by atoms with Crippen LogP contribution in [0.2, 0.25) is 0 Å². The Labute approximate surface area is 213 Å². The van der Waals surface area contributed by atoms with Crippen molar-refractivity contribution in [3.8, 4) is 11.3 Å². The topological polar surface area (TPSA) is 64.0 Å². The molecular formula is C24H23BrF5N3O2S. The summed E-state index contributed by atoms with van der Waals surface area (Å²) >= 11 is 3.28. The summed E-state index contributed by atoms with van der Waals surface area (Å²) in [5, 5.41) is 4.45. The molecule has 36 heavy (non-hydrogen) atoms. The average Bonchev–Trinajstić information content (AvgIpc) is 3.51. The predicted octanol–water partition coefficient (Wildman–Crippen LogP) is 6.79. The fourth-order valence-corrected chi connectivity index (χ4v) is 5.76. The summed E-state index contributed by atoms with van der Waals surface area (Å²) in [7, 11) is -4.23. The minimum atomic E-state index is -4.60. The fourth-order valence-electron chi connectivity index (χ4n) is 3.97. The molecule has 1 aliphatic rings. The van der Waals surface area contributed by atoms with Crippen molar-refractivity contribution in [2.75, 3.05) is 0 Å². The molecule has 5 nitrogen and oxygen atoms in total. The molecule has 194 valence electrons. The highest BCUT2D eigenvalue weighted by Crippen LogP contribution is 2.46. The van der Waals surface area contributed by atoms with Crippen LogP contribution in [0.25, 0.3) is 11.3 Å². The lowest BCUT2D eigenvalue weighted by molar-refractivity contribution is -0.137. The van der Waals surface area contributed by atoms with Gasteiger partial charge >= 0.3 is 6.18 Å². The number of alkyl halides is 3. The normalized spacial score (nSPS) is 15.8. The van der Waals surface area contributed by atoms with E-state index in [0.717, 1.165) is 24.3 Å². The largest absolute Gasteiger partial charge is 0.416 e. The molecule has 0 saturated heterocycles. The second kappa shape index (κ2) is 9.21. The summed E-state index contributed by atoms with van der Waals surface area (Å²) < 4.78 is 97.8. The van der Waals surface area contributed by atoms with Crippen LogP contribution in [0, 0.1) is 17.6 Å². The van der Waals surface area contributed by atoms with E-state index in [2.05, 4.69) is 25.8 Å². The molecule has 2 aromatic carbocycles. The molecule has 1 saturated carbocycles. The molecule has 1 fully saturated rings. The van der Waals surface area contributed by atoms with E-state index in [1.165, 1.54) is 6.20 Å². The Kier molecular flexibility index (Phi) is 6.85. The van der Waals surface area contributed by atoms with Crippen LogP contribution in [-0.2, 0) is 21.7 Å². The lowest BCUT2D eigenvalue weighted by atomic mass is 9.98. The Hall–Kier alpha value is -2.31. The van der Waals surface area contributed by atoms with Crippen molar-refractivity contribution >= 4 is 26.0 Å². The minimum Gasteiger partial charge on any atom is -0.259 e. The summed E-state index contributed by atoms with van der Waals surface area (Å²) in [5.74, 6) is -2.22. The number of sulfonamides is 1. The van der Waals surface area contributed by atoms with E-state index >= 15 is 0 Å². The maximum atomic E-state index is 14.3. The van der Waals surface area contributed by atoms with Gasteiger partial charge in [0.05, 0.1) is 33.9 Å². The molecule has 1 aromatic heterocycles. The van der Waals surface area contributed by atoms with E-state index in [0.29, 0.717) is 36.2 Å². The summed E-state index contributed by atoms with van der Waals surface area (Å²) in [5.41, 5.74) is -0.416. The van der Waals surface area contributed by atoms with Crippen LogP contribution in [0.5, 0.6) is 0 Å². The van der Waals surface area contributed by atoms with Crippen LogP contribution in [0.3, 0.4) is 0 Å². The number of hydrogen-bond acceptors (Lipinski definition) is 3. The SMILES string of the molecule is CC(C)(C)n1ncc([C@H](NS(=O)(=O)c2ccc(C(F)(F)F)cc2)C2CC2)c1-c1cc(F)c(F)cc1Br. The smallest absolute Gasteiger partial charge is 0.259 e. The van der Waals surface area contributed by atoms with E-state index in [1.54, 1.807) is 4.68 Å². The first-order valence-corrected chi connectivity index (χ1v) is 13.3. The number of rotatable bonds is 6. The molecule has 0 unspecified atom stereocenters. The molecular weight excluding hydrogens is 569 g/mol. The summed E-state index contributed by atoms with van der Waals surface area (Å²) in [6.45, 7) is 5.58. The van der Waals surface area contributed by atoms with Crippen molar-refractivity contribution in [3.05, 3.63) is 69.8 Å². The molecule has 0 bridgehead atoms. The quantitative estimate of drug-likeness (QED) is 0.253. The predicted molar refractivity (Wildman–Crippen MR) is 128 cm³/mol. The summed E-state index contributed by atoms with van der Waals surface area (Å²) in [6.07, 6.45) is -1.69. The van der Waals surface area contributed by atoms with Gasteiger partial charge in [-0.1, -0.05) is 0 Å². The number of nitrogens with zero attached hydrogens (tertiary/aromatic N) is 2. The number of halogens is 6. The maximum Gasteiger partial charge on any atom is 0.416 e. The van der Waals surface area contributed by atoms with Gasteiger partial charge < -0.3 is 0 Å². The van der Waals surface area contributed by atoms with Crippen molar-refractivity contribution in [2.24, 2.45) is 5.92 Å². The van der Waals surface area contributed by atoms with E-state index in [1.807, 2.05) is 20.8 Å². The Bertz CT molecular complexity index is 1390. The zero-order valence-corrected chi connectivity index (χ0v) is 21.9. The van der Waals surface area contributed by atoms with Crippen molar-refractivity contribution in [1.29, 1.82) is 0 Å². The molecule has 1 aliphatic carbocycles. The molecule has 0 aliphatic heterocycles. The summed E-state index contributed by atoms with van der Waals surface area (Å²) in [4.78, 5) is -0.320. The van der Waals surface area contributed by atoms with Crippen molar-refractivity contribution in [1.82, 2.24) is 14.5 Å². The number of nitrogens with one attached hydrogen (secondary N) is 1. The van der Waals surface area contributed by atoms with Crippen LogP contribution in [0.15, 0.2) is 52.0 Å². The van der Waals surface area contributed by atoms with Gasteiger partial charge in [0, 0.05) is 15.6 Å². The second-order valence-electron chi connectivity index (χ2n) is 9.74. The number of benzene rings is 2. The van der Waals surface area contributed by atoms with E-state index in [4.69, 9.17) is 0 Å². The lowest BCUT2D eigenvalue weighted by Crippen LogP contribution is -2.31. The Morgan fingerprint density at radius 1 is 1.06 bits per heavy atom. The molecule has 0 amide bonds. The van der Waals surface area contributed by atoms with Crippen LogP contribution < -0.4 is 4.72 Å². The highest BCUT2D eigenvalue weighted by molar-refractivity contribution is 9.10. The van der Waals surface area contributed by atoms with Crippen LogP contribution >= 0.6 is 15.9 Å². The fraction of sp³-hybridized carbons (Fsp3) is 0.375. The molecule has 4 rings (SSSR count). The average molecular weight is 592 g/mol. The van der Waals surface area contributed by atoms with Crippen LogP contribution in [0.4, 0.5) is 22.0 Å².